The summed E-state index contributed by atoms with van der Waals surface area (Å²) in [4.78, 5) is 12.5. The van der Waals surface area contributed by atoms with Gasteiger partial charge in [-0.15, -0.1) is 11.3 Å². The Labute approximate surface area is 176 Å². The van der Waals surface area contributed by atoms with Crippen molar-refractivity contribution in [2.75, 3.05) is 6.61 Å². The smallest absolute Gasteiger partial charge is 0.281 e. The summed E-state index contributed by atoms with van der Waals surface area (Å²) in [7, 11) is 0. The van der Waals surface area contributed by atoms with Crippen LogP contribution in [0.2, 0.25) is 0 Å². The molecule has 1 N–H and O–H groups in total. The molecule has 0 atom stereocenters. The zero-order valence-corrected chi connectivity index (χ0v) is 17.6. The average molecular weight is 459 g/mol. The number of amides is 1. The summed E-state index contributed by atoms with van der Waals surface area (Å²) in [6, 6.07) is 17.1. The number of rotatable bonds is 8. The van der Waals surface area contributed by atoms with Crippen molar-refractivity contribution in [2.24, 2.45) is 5.10 Å². The minimum Gasteiger partial charge on any atom is -0.490 e. The second-order valence-corrected chi connectivity index (χ2v) is 7.59. The molecule has 0 saturated carbocycles. The first-order valence-electron chi connectivity index (χ1n) is 8.66. The highest BCUT2D eigenvalue weighted by atomic mass is 79.9. The molecule has 28 heavy (non-hydrogen) atoms. The molecular weight excluding hydrogens is 440 g/mol. The van der Waals surface area contributed by atoms with Crippen LogP contribution in [0.5, 0.6) is 11.5 Å². The standard InChI is InChI=1S/C21H19BrN2O3S/c1-2-26-19-12-16(13-23-24-21(25)20-4-3-11-28-20)7-10-18(19)27-14-15-5-8-17(22)9-6-15/h3-13H,2,14H2,1H3,(H,24,25)/b23-13-. The quantitative estimate of drug-likeness (QED) is 0.370. The van der Waals surface area contributed by atoms with E-state index < -0.39 is 0 Å². The Balaban J connectivity index is 1.65. The number of nitrogens with zero attached hydrogens (tertiary/aromatic N) is 1. The van der Waals surface area contributed by atoms with Gasteiger partial charge in [0.1, 0.15) is 6.61 Å². The van der Waals surface area contributed by atoms with Crippen LogP contribution < -0.4 is 14.9 Å². The Kier molecular flexibility index (Phi) is 7.22. The van der Waals surface area contributed by atoms with Gasteiger partial charge in [-0.3, -0.25) is 4.79 Å². The monoisotopic (exact) mass is 458 g/mol. The highest BCUT2D eigenvalue weighted by Crippen LogP contribution is 2.29. The van der Waals surface area contributed by atoms with Crippen molar-refractivity contribution in [2.45, 2.75) is 13.5 Å². The Morgan fingerprint density at radius 1 is 1.14 bits per heavy atom. The van der Waals surface area contributed by atoms with E-state index in [2.05, 4.69) is 26.5 Å². The lowest BCUT2D eigenvalue weighted by Crippen LogP contribution is -2.16. The second kappa shape index (κ2) is 10.1. The summed E-state index contributed by atoms with van der Waals surface area (Å²) in [5, 5.41) is 5.86. The van der Waals surface area contributed by atoms with E-state index in [1.54, 1.807) is 12.3 Å². The van der Waals surface area contributed by atoms with Gasteiger partial charge in [0, 0.05) is 4.47 Å². The van der Waals surface area contributed by atoms with E-state index >= 15 is 0 Å². The van der Waals surface area contributed by atoms with Crippen LogP contribution in [0.3, 0.4) is 0 Å². The molecule has 3 rings (SSSR count). The van der Waals surface area contributed by atoms with E-state index in [9.17, 15) is 4.79 Å². The van der Waals surface area contributed by atoms with Crippen LogP contribution in [0.15, 0.2) is 69.6 Å². The van der Waals surface area contributed by atoms with Crippen molar-refractivity contribution in [3.63, 3.8) is 0 Å². The first-order chi connectivity index (χ1) is 13.7. The van der Waals surface area contributed by atoms with Crippen molar-refractivity contribution in [1.29, 1.82) is 0 Å². The van der Waals surface area contributed by atoms with Crippen molar-refractivity contribution in [3.8, 4) is 11.5 Å². The number of carbonyl (C=O) groups excluding carboxylic acids is 1. The molecule has 0 aliphatic carbocycles. The third-order valence-corrected chi connectivity index (χ3v) is 5.10. The average Bonchev–Trinajstić information content (AvgIpc) is 3.24. The highest BCUT2D eigenvalue weighted by Gasteiger charge is 2.07. The number of hydrogen-bond acceptors (Lipinski definition) is 5. The van der Waals surface area contributed by atoms with E-state index in [0.717, 1.165) is 15.6 Å². The zero-order chi connectivity index (χ0) is 19.8. The number of benzene rings is 2. The predicted octanol–water partition coefficient (Wildman–Crippen LogP) is 5.25. The van der Waals surface area contributed by atoms with E-state index in [1.807, 2.05) is 60.8 Å². The van der Waals surface area contributed by atoms with Crippen LogP contribution >= 0.6 is 27.3 Å². The Bertz CT molecular complexity index is 941. The lowest BCUT2D eigenvalue weighted by Gasteiger charge is -2.12. The molecule has 5 nitrogen and oxygen atoms in total. The topological polar surface area (TPSA) is 59.9 Å². The fourth-order valence-corrected chi connectivity index (χ4v) is 3.24. The second-order valence-electron chi connectivity index (χ2n) is 5.73. The summed E-state index contributed by atoms with van der Waals surface area (Å²) in [5.41, 5.74) is 4.38. The van der Waals surface area contributed by atoms with E-state index in [0.29, 0.717) is 29.6 Å². The number of nitrogens with one attached hydrogen (secondary N) is 1. The molecule has 0 aliphatic rings. The molecule has 144 valence electrons. The minimum absolute atomic E-state index is 0.231. The third kappa shape index (κ3) is 5.68. The maximum atomic E-state index is 11.9. The molecule has 0 unspecified atom stereocenters. The maximum Gasteiger partial charge on any atom is 0.281 e. The first kappa shape index (κ1) is 20.1. The number of hydrazone groups is 1. The molecule has 0 fully saturated rings. The molecule has 0 bridgehead atoms. The normalized spacial score (nSPS) is 10.8. The predicted molar refractivity (Wildman–Crippen MR) is 115 cm³/mol. The highest BCUT2D eigenvalue weighted by molar-refractivity contribution is 9.10. The van der Waals surface area contributed by atoms with Gasteiger partial charge in [-0.25, -0.2) is 5.43 Å². The fraction of sp³-hybridized carbons (Fsp3) is 0.143. The van der Waals surface area contributed by atoms with Gasteiger partial charge in [-0.1, -0.05) is 34.1 Å². The number of ether oxygens (including phenoxy) is 2. The SMILES string of the molecule is CCOc1cc(/C=N\NC(=O)c2cccs2)ccc1OCc1ccc(Br)cc1. The van der Waals surface area contributed by atoms with Crippen molar-refractivity contribution in [1.82, 2.24) is 5.43 Å². The summed E-state index contributed by atoms with van der Waals surface area (Å²) in [6.45, 7) is 2.88. The minimum atomic E-state index is -0.231. The number of carbonyl (C=O) groups is 1. The Morgan fingerprint density at radius 3 is 2.68 bits per heavy atom. The van der Waals surface area contributed by atoms with Gasteiger partial charge < -0.3 is 9.47 Å². The van der Waals surface area contributed by atoms with Gasteiger partial charge in [-0.2, -0.15) is 5.10 Å². The van der Waals surface area contributed by atoms with Gasteiger partial charge in [0.15, 0.2) is 11.5 Å². The summed E-state index contributed by atoms with van der Waals surface area (Å²) in [5.74, 6) is 1.06. The molecule has 3 aromatic rings. The van der Waals surface area contributed by atoms with Crippen LogP contribution in [0, 0.1) is 0 Å². The number of halogens is 1. The number of hydrogen-bond donors (Lipinski definition) is 1. The maximum absolute atomic E-state index is 11.9. The lowest BCUT2D eigenvalue weighted by atomic mass is 10.2. The molecule has 0 radical (unpaired) electrons. The Hall–Kier alpha value is -2.64. The third-order valence-electron chi connectivity index (χ3n) is 3.70. The van der Waals surface area contributed by atoms with Crippen molar-refractivity contribution < 1.29 is 14.3 Å². The van der Waals surface area contributed by atoms with Gasteiger partial charge in [0.25, 0.3) is 5.91 Å². The molecule has 1 aromatic heterocycles. The molecule has 1 heterocycles. The Morgan fingerprint density at radius 2 is 1.96 bits per heavy atom. The van der Waals surface area contributed by atoms with E-state index in [-0.39, 0.29) is 5.91 Å². The van der Waals surface area contributed by atoms with Crippen molar-refractivity contribution in [3.05, 3.63) is 80.5 Å². The van der Waals surface area contributed by atoms with Crippen molar-refractivity contribution >= 4 is 39.4 Å². The molecule has 1 amide bonds. The fourth-order valence-electron chi connectivity index (χ4n) is 2.36. The van der Waals surface area contributed by atoms with Gasteiger partial charge in [0.05, 0.1) is 17.7 Å². The van der Waals surface area contributed by atoms with Crippen LogP contribution in [-0.2, 0) is 6.61 Å². The van der Waals surface area contributed by atoms with Crippen LogP contribution in [0.4, 0.5) is 0 Å². The summed E-state index contributed by atoms with van der Waals surface area (Å²) >= 11 is 4.79. The molecule has 0 spiro atoms. The molecule has 0 aliphatic heterocycles. The first-order valence-corrected chi connectivity index (χ1v) is 10.3. The zero-order valence-electron chi connectivity index (χ0n) is 15.2. The summed E-state index contributed by atoms with van der Waals surface area (Å²) in [6.07, 6.45) is 1.58. The van der Waals surface area contributed by atoms with E-state index in [1.165, 1.54) is 11.3 Å². The van der Waals surface area contributed by atoms with Gasteiger partial charge >= 0.3 is 0 Å². The molecule has 0 saturated heterocycles. The van der Waals surface area contributed by atoms with Gasteiger partial charge in [0.2, 0.25) is 0 Å². The number of thiophene rings is 1. The van der Waals surface area contributed by atoms with Gasteiger partial charge in [-0.05, 0) is 59.8 Å². The largest absolute Gasteiger partial charge is 0.490 e. The van der Waals surface area contributed by atoms with E-state index in [4.69, 9.17) is 9.47 Å². The summed E-state index contributed by atoms with van der Waals surface area (Å²) < 4.78 is 12.6. The van der Waals surface area contributed by atoms with Crippen LogP contribution in [0.1, 0.15) is 27.7 Å². The van der Waals surface area contributed by atoms with Crippen LogP contribution in [0.25, 0.3) is 0 Å². The lowest BCUT2D eigenvalue weighted by molar-refractivity contribution is 0.0959. The molecule has 2 aromatic carbocycles. The molecule has 7 heteroatoms. The van der Waals surface area contributed by atoms with Crippen LogP contribution in [-0.4, -0.2) is 18.7 Å². The molecular formula is C21H19BrN2O3S.